The predicted molar refractivity (Wildman–Crippen MR) is 78.0 cm³/mol. The van der Waals surface area contributed by atoms with Crippen molar-refractivity contribution in [1.29, 1.82) is 0 Å². The van der Waals surface area contributed by atoms with Gasteiger partial charge in [0.05, 0.1) is 0 Å². The van der Waals surface area contributed by atoms with Crippen molar-refractivity contribution in [3.05, 3.63) is 12.2 Å². The zero-order chi connectivity index (χ0) is 11.3. The van der Waals surface area contributed by atoms with E-state index in [-0.39, 0.29) is 9.90 Å². The van der Waals surface area contributed by atoms with E-state index in [9.17, 15) is 0 Å². The summed E-state index contributed by atoms with van der Waals surface area (Å²) in [7, 11) is 0. The van der Waals surface area contributed by atoms with Gasteiger partial charge < -0.3 is 0 Å². The van der Waals surface area contributed by atoms with Crippen LogP contribution in [-0.4, -0.2) is 0 Å². The summed E-state index contributed by atoms with van der Waals surface area (Å²) in [5.41, 5.74) is 1.13. The molecule has 0 aromatic carbocycles. The molecule has 7 unspecified atom stereocenters. The molecule has 7 atom stereocenters. The van der Waals surface area contributed by atoms with E-state index in [1.807, 2.05) is 0 Å². The van der Waals surface area contributed by atoms with Gasteiger partial charge in [-0.2, -0.15) is 9.90 Å². The molecule has 0 nitrogen and oxygen atoms in total. The van der Waals surface area contributed by atoms with Crippen molar-refractivity contribution in [3.63, 3.8) is 0 Å². The second kappa shape index (κ2) is 3.19. The normalized spacial score (nSPS) is 54.8. The van der Waals surface area contributed by atoms with E-state index in [4.69, 9.17) is 0 Å². The average Bonchev–Trinajstić information content (AvgIpc) is 2.89. The quantitative estimate of drug-likeness (QED) is 0.343. The van der Waals surface area contributed by atoms with Crippen molar-refractivity contribution >= 4 is 9.90 Å². The van der Waals surface area contributed by atoms with E-state index in [0.717, 1.165) is 35.5 Å². The molecule has 4 aliphatic rings. The van der Waals surface area contributed by atoms with Crippen LogP contribution in [0.2, 0.25) is 0 Å². The highest BCUT2D eigenvalue weighted by Gasteiger charge is 2.69. The Balaban J connectivity index is 0.000000902. The van der Waals surface area contributed by atoms with Crippen LogP contribution in [0.25, 0.3) is 0 Å². The van der Waals surface area contributed by atoms with Gasteiger partial charge in [-0.25, -0.2) is 0 Å². The molecule has 1 heteroatoms. The zero-order valence-corrected chi connectivity index (χ0v) is 13.2. The highest BCUT2D eigenvalue weighted by atomic mass is 31.0. The van der Waals surface area contributed by atoms with Crippen LogP contribution in [0, 0.1) is 46.3 Å². The minimum Gasteiger partial charge on any atom is -0.153 e. The van der Waals surface area contributed by atoms with E-state index in [2.05, 4.69) is 39.8 Å². The molecule has 0 aliphatic heterocycles. The van der Waals surface area contributed by atoms with Gasteiger partial charge in [0.15, 0.2) is 0 Å². The second-order valence-corrected chi connectivity index (χ2v) is 8.00. The number of hydrogen-bond acceptors (Lipinski definition) is 0. The number of hydrogen-bond donors (Lipinski definition) is 0. The maximum atomic E-state index is 2.55. The van der Waals surface area contributed by atoms with E-state index in [1.165, 1.54) is 12.8 Å². The van der Waals surface area contributed by atoms with Gasteiger partial charge in [0.2, 0.25) is 0 Å². The second-order valence-electron chi connectivity index (χ2n) is 8.00. The van der Waals surface area contributed by atoms with Gasteiger partial charge in [-0.15, -0.1) is 0 Å². The molecule has 0 spiro atoms. The summed E-state index contributed by atoms with van der Waals surface area (Å²) in [5.74, 6) is 6.06. The molecular formula is C16H27P. The van der Waals surface area contributed by atoms with Crippen LogP contribution in [0.4, 0.5) is 0 Å². The van der Waals surface area contributed by atoms with Crippen molar-refractivity contribution in [3.8, 4) is 0 Å². The number of allylic oxidation sites excluding steroid dienone is 2. The first kappa shape index (κ1) is 12.2. The van der Waals surface area contributed by atoms with E-state index < -0.39 is 0 Å². The molecule has 0 N–H and O–H groups in total. The van der Waals surface area contributed by atoms with Crippen molar-refractivity contribution in [2.45, 2.75) is 40.5 Å². The molecule has 0 heterocycles. The van der Waals surface area contributed by atoms with Crippen molar-refractivity contribution in [2.24, 2.45) is 46.3 Å². The summed E-state index contributed by atoms with van der Waals surface area (Å²) >= 11 is 0. The van der Waals surface area contributed by atoms with Crippen LogP contribution in [0.1, 0.15) is 40.5 Å². The first-order chi connectivity index (χ1) is 7.44. The van der Waals surface area contributed by atoms with Crippen molar-refractivity contribution in [2.75, 3.05) is 0 Å². The minimum atomic E-state index is 0. The Hall–Kier alpha value is 0.170. The maximum Gasteiger partial charge on any atom is -0.0194 e. The Morgan fingerprint density at radius 3 is 1.59 bits per heavy atom. The Morgan fingerprint density at radius 2 is 1.18 bits per heavy atom. The van der Waals surface area contributed by atoms with Crippen LogP contribution in [0.3, 0.4) is 0 Å². The SMILES string of the molecule is CC1(C)C2CC(C3C4C=CC(C4)C32)C1(C)C.P. The molecule has 4 aliphatic carbocycles. The Bertz CT molecular complexity index is 345. The van der Waals surface area contributed by atoms with E-state index in [1.54, 1.807) is 0 Å². The van der Waals surface area contributed by atoms with Gasteiger partial charge in [-0.05, 0) is 59.2 Å². The summed E-state index contributed by atoms with van der Waals surface area (Å²) in [6, 6.07) is 0. The molecule has 3 saturated carbocycles. The molecule has 0 aromatic heterocycles. The third-order valence-electron chi connectivity index (χ3n) is 7.53. The summed E-state index contributed by atoms with van der Waals surface area (Å²) < 4.78 is 0. The summed E-state index contributed by atoms with van der Waals surface area (Å²) in [6.07, 6.45) is 8.13. The molecule has 17 heavy (non-hydrogen) atoms. The first-order valence-electron chi connectivity index (χ1n) is 7.13. The van der Waals surface area contributed by atoms with Gasteiger partial charge >= 0.3 is 0 Å². The molecule has 3 fully saturated rings. The van der Waals surface area contributed by atoms with Crippen molar-refractivity contribution in [1.82, 2.24) is 0 Å². The maximum absolute atomic E-state index is 2.55. The topological polar surface area (TPSA) is 0 Å². The number of fused-ring (bicyclic) bond motifs is 9. The van der Waals surface area contributed by atoms with Crippen molar-refractivity contribution < 1.29 is 0 Å². The van der Waals surface area contributed by atoms with Crippen LogP contribution >= 0.6 is 9.90 Å². The van der Waals surface area contributed by atoms with Gasteiger partial charge in [-0.1, -0.05) is 39.8 Å². The lowest BCUT2D eigenvalue weighted by Gasteiger charge is -2.52. The fourth-order valence-corrected chi connectivity index (χ4v) is 6.13. The lowest BCUT2D eigenvalue weighted by molar-refractivity contribution is -0.0349. The molecule has 0 aromatic rings. The highest BCUT2D eigenvalue weighted by Crippen LogP contribution is 2.75. The van der Waals surface area contributed by atoms with Crippen LogP contribution in [-0.2, 0) is 0 Å². The number of rotatable bonds is 0. The van der Waals surface area contributed by atoms with Crippen LogP contribution < -0.4 is 0 Å². The third kappa shape index (κ3) is 1.11. The molecule has 0 saturated heterocycles. The molecule has 4 bridgehead atoms. The average molecular weight is 250 g/mol. The molecular weight excluding hydrogens is 223 g/mol. The Kier molecular flexibility index (Phi) is 2.29. The minimum absolute atomic E-state index is 0. The summed E-state index contributed by atoms with van der Waals surface area (Å²) in [6.45, 7) is 10.2. The standard InChI is InChI=1S/C16H24.H3P/c1-15(2)11-8-12(16(15,3)4)14-10-6-5-9(7-10)13(11)14;/h5-6,9-14H,7-8H2,1-4H3;1H3. The first-order valence-corrected chi connectivity index (χ1v) is 7.13. The van der Waals surface area contributed by atoms with E-state index >= 15 is 0 Å². The lowest BCUT2D eigenvalue weighted by atomic mass is 9.52. The molecule has 96 valence electrons. The van der Waals surface area contributed by atoms with E-state index in [0.29, 0.717) is 10.8 Å². The summed E-state index contributed by atoms with van der Waals surface area (Å²) in [4.78, 5) is 0. The molecule has 0 amide bonds. The van der Waals surface area contributed by atoms with Gasteiger partial charge in [0.1, 0.15) is 0 Å². The lowest BCUT2D eigenvalue weighted by Crippen LogP contribution is -2.47. The molecule has 4 rings (SSSR count). The van der Waals surface area contributed by atoms with Crippen LogP contribution in [0.5, 0.6) is 0 Å². The molecule has 0 radical (unpaired) electrons. The summed E-state index contributed by atoms with van der Waals surface area (Å²) in [5, 5.41) is 0. The zero-order valence-electron chi connectivity index (χ0n) is 11.7. The van der Waals surface area contributed by atoms with Crippen LogP contribution in [0.15, 0.2) is 12.2 Å². The smallest absolute Gasteiger partial charge is 0.0194 e. The predicted octanol–water partition coefficient (Wildman–Crippen LogP) is 4.18. The Morgan fingerprint density at radius 1 is 0.765 bits per heavy atom. The van der Waals surface area contributed by atoms with Gasteiger partial charge in [0.25, 0.3) is 0 Å². The fraction of sp³-hybridized carbons (Fsp3) is 0.875. The Labute approximate surface area is 109 Å². The van der Waals surface area contributed by atoms with Gasteiger partial charge in [-0.3, -0.25) is 0 Å². The highest BCUT2D eigenvalue weighted by molar-refractivity contribution is 6.92. The van der Waals surface area contributed by atoms with Gasteiger partial charge in [0, 0.05) is 0 Å². The third-order valence-corrected chi connectivity index (χ3v) is 7.53. The monoisotopic (exact) mass is 250 g/mol. The fourth-order valence-electron chi connectivity index (χ4n) is 6.13. The largest absolute Gasteiger partial charge is 0.153 e.